The number of nitrogens with zero attached hydrogens (tertiary/aromatic N) is 2. The summed E-state index contributed by atoms with van der Waals surface area (Å²) in [6.45, 7) is 6.08. The highest BCUT2D eigenvalue weighted by Crippen LogP contribution is 2.36. The van der Waals surface area contributed by atoms with Crippen LogP contribution in [0, 0.1) is 0 Å². The van der Waals surface area contributed by atoms with Crippen LogP contribution >= 0.6 is 11.6 Å². The maximum atomic E-state index is 13.8. The van der Waals surface area contributed by atoms with Crippen LogP contribution in [0.25, 0.3) is 0 Å². The Bertz CT molecular complexity index is 613. The van der Waals surface area contributed by atoms with Crippen molar-refractivity contribution in [2.24, 2.45) is 0 Å². The molecule has 1 heterocycles. The lowest BCUT2D eigenvalue weighted by Crippen LogP contribution is -2.37. The van der Waals surface area contributed by atoms with Crippen molar-refractivity contribution >= 4 is 29.2 Å². The predicted molar refractivity (Wildman–Crippen MR) is 82.0 cm³/mol. The fourth-order valence-corrected chi connectivity index (χ4v) is 2.34. The van der Waals surface area contributed by atoms with Crippen molar-refractivity contribution in [3.05, 3.63) is 23.2 Å². The minimum atomic E-state index is -1.97. The van der Waals surface area contributed by atoms with Crippen molar-refractivity contribution in [1.82, 2.24) is 4.90 Å². The van der Waals surface area contributed by atoms with Crippen LogP contribution in [-0.4, -0.2) is 35.3 Å². The molecule has 0 radical (unpaired) electrons. The van der Waals surface area contributed by atoms with Gasteiger partial charge in [-0.2, -0.15) is 4.39 Å². The molecule has 2 rings (SSSR count). The number of hydrogen-bond acceptors (Lipinski definition) is 3. The van der Waals surface area contributed by atoms with Gasteiger partial charge >= 0.3 is 6.03 Å². The topological polar surface area (TPSA) is 49.9 Å². The van der Waals surface area contributed by atoms with Gasteiger partial charge in [0.2, 0.25) is 5.85 Å². The summed E-state index contributed by atoms with van der Waals surface area (Å²) >= 11 is 5.90. The number of alkyl halides is 1. The molecule has 1 saturated heterocycles. The third-order valence-electron chi connectivity index (χ3n) is 3.13. The first-order valence-electron chi connectivity index (χ1n) is 6.91. The number of ether oxygens (including phenoxy) is 1. The number of benzene rings is 1. The Morgan fingerprint density at radius 3 is 2.45 bits per heavy atom. The van der Waals surface area contributed by atoms with E-state index in [2.05, 4.69) is 0 Å². The van der Waals surface area contributed by atoms with Gasteiger partial charge in [-0.15, -0.1) is 0 Å². The van der Waals surface area contributed by atoms with E-state index in [4.69, 9.17) is 16.3 Å². The van der Waals surface area contributed by atoms with Gasteiger partial charge < -0.3 is 9.64 Å². The predicted octanol–water partition coefficient (Wildman–Crippen LogP) is 3.60. The van der Waals surface area contributed by atoms with E-state index < -0.39 is 11.9 Å². The molecule has 0 saturated carbocycles. The monoisotopic (exact) mass is 328 g/mol. The molecule has 1 fully saturated rings. The lowest BCUT2D eigenvalue weighted by Gasteiger charge is -2.24. The second-order valence-electron chi connectivity index (χ2n) is 5.81. The summed E-state index contributed by atoms with van der Waals surface area (Å²) in [5.41, 5.74) is 0.188. The molecule has 0 atom stereocenters. The number of anilines is 1. The first-order valence-corrected chi connectivity index (χ1v) is 7.29. The summed E-state index contributed by atoms with van der Waals surface area (Å²) in [7, 11) is 0. The molecule has 0 bridgehead atoms. The second kappa shape index (κ2) is 5.76. The number of imide groups is 1. The summed E-state index contributed by atoms with van der Waals surface area (Å²) in [4.78, 5) is 27.0. The SMILES string of the molecule is CC(C)N1CC(=O)N(c2ccc(Cl)cc2OC(C)(C)F)C1=O. The van der Waals surface area contributed by atoms with Gasteiger partial charge in [0.25, 0.3) is 5.91 Å². The molecule has 7 heteroatoms. The molecule has 1 aromatic carbocycles. The lowest BCUT2D eigenvalue weighted by atomic mass is 10.2. The summed E-state index contributed by atoms with van der Waals surface area (Å²) in [6.07, 6.45) is 0. The van der Waals surface area contributed by atoms with E-state index in [0.717, 1.165) is 4.90 Å². The molecule has 3 amide bonds. The van der Waals surface area contributed by atoms with E-state index in [9.17, 15) is 14.0 Å². The second-order valence-corrected chi connectivity index (χ2v) is 6.25. The number of halogens is 2. The number of rotatable bonds is 4. The maximum absolute atomic E-state index is 13.8. The van der Waals surface area contributed by atoms with Crippen LogP contribution in [0.2, 0.25) is 5.02 Å². The molecule has 0 aliphatic carbocycles. The van der Waals surface area contributed by atoms with Crippen molar-refractivity contribution in [2.75, 3.05) is 11.4 Å². The van der Waals surface area contributed by atoms with Crippen molar-refractivity contribution in [3.8, 4) is 5.75 Å². The summed E-state index contributed by atoms with van der Waals surface area (Å²) in [5.74, 6) is -2.31. The van der Waals surface area contributed by atoms with Gasteiger partial charge in [0.05, 0.1) is 5.69 Å². The first kappa shape index (κ1) is 16.5. The number of urea groups is 1. The van der Waals surface area contributed by atoms with Crippen molar-refractivity contribution in [3.63, 3.8) is 0 Å². The third-order valence-corrected chi connectivity index (χ3v) is 3.37. The number of carbonyl (C=O) groups is 2. The normalized spacial score (nSPS) is 16.0. The third kappa shape index (κ3) is 3.32. The minimum absolute atomic E-state index is 0.0163. The quantitative estimate of drug-likeness (QED) is 0.793. The van der Waals surface area contributed by atoms with Crippen LogP contribution in [0.5, 0.6) is 5.75 Å². The highest BCUT2D eigenvalue weighted by molar-refractivity contribution is 6.31. The van der Waals surface area contributed by atoms with Gasteiger partial charge in [-0.3, -0.25) is 4.79 Å². The average molecular weight is 329 g/mol. The molecule has 5 nitrogen and oxygen atoms in total. The molecule has 1 aromatic rings. The molecule has 0 unspecified atom stereocenters. The molecule has 1 aliphatic rings. The Morgan fingerprint density at radius 1 is 1.32 bits per heavy atom. The number of hydrogen-bond donors (Lipinski definition) is 0. The molecule has 1 aliphatic heterocycles. The lowest BCUT2D eigenvalue weighted by molar-refractivity contribution is -0.116. The fraction of sp³-hybridized carbons (Fsp3) is 0.467. The molecule has 120 valence electrons. The standard InChI is InChI=1S/C15H18ClFN2O3/c1-9(2)18-8-13(20)19(14(18)21)11-6-5-10(16)7-12(11)22-15(3,4)17/h5-7,9H,8H2,1-4H3. The highest BCUT2D eigenvalue weighted by atomic mass is 35.5. The average Bonchev–Trinajstić information content (AvgIpc) is 2.64. The summed E-state index contributed by atoms with van der Waals surface area (Å²) < 4.78 is 19.0. The zero-order valence-corrected chi connectivity index (χ0v) is 13.6. The van der Waals surface area contributed by atoms with E-state index in [1.54, 1.807) is 0 Å². The summed E-state index contributed by atoms with van der Waals surface area (Å²) in [6, 6.07) is 3.81. The van der Waals surface area contributed by atoms with Crippen LogP contribution in [0.4, 0.5) is 14.9 Å². The molecule has 0 spiro atoms. The Morgan fingerprint density at radius 2 is 1.95 bits per heavy atom. The zero-order valence-electron chi connectivity index (χ0n) is 12.9. The minimum Gasteiger partial charge on any atom is -0.456 e. The largest absolute Gasteiger partial charge is 0.456 e. The van der Waals surface area contributed by atoms with E-state index in [-0.39, 0.29) is 29.9 Å². The van der Waals surface area contributed by atoms with Crippen LogP contribution in [-0.2, 0) is 4.79 Å². The fourth-order valence-electron chi connectivity index (χ4n) is 2.18. The van der Waals surface area contributed by atoms with E-state index in [0.29, 0.717) is 5.02 Å². The van der Waals surface area contributed by atoms with E-state index in [1.165, 1.54) is 36.9 Å². The number of carbonyl (C=O) groups excluding carboxylic acids is 2. The molecular weight excluding hydrogens is 311 g/mol. The van der Waals surface area contributed by atoms with Gasteiger partial charge in [0.1, 0.15) is 12.3 Å². The Balaban J connectivity index is 2.44. The van der Waals surface area contributed by atoms with Crippen molar-refractivity contribution in [2.45, 2.75) is 39.6 Å². The van der Waals surface area contributed by atoms with Crippen LogP contribution in [0.15, 0.2) is 18.2 Å². The Labute approximate surface area is 133 Å². The first-order chi connectivity index (χ1) is 10.1. The van der Waals surface area contributed by atoms with Gasteiger partial charge in [0, 0.05) is 31.0 Å². The van der Waals surface area contributed by atoms with Gasteiger partial charge in [-0.25, -0.2) is 9.69 Å². The highest BCUT2D eigenvalue weighted by Gasteiger charge is 2.40. The number of amides is 3. The van der Waals surface area contributed by atoms with Crippen molar-refractivity contribution in [1.29, 1.82) is 0 Å². The van der Waals surface area contributed by atoms with E-state index in [1.807, 2.05) is 13.8 Å². The van der Waals surface area contributed by atoms with Crippen LogP contribution in [0.1, 0.15) is 27.7 Å². The van der Waals surface area contributed by atoms with Crippen LogP contribution < -0.4 is 9.64 Å². The van der Waals surface area contributed by atoms with Gasteiger partial charge in [0.15, 0.2) is 0 Å². The van der Waals surface area contributed by atoms with Crippen LogP contribution in [0.3, 0.4) is 0 Å². The maximum Gasteiger partial charge on any atom is 0.332 e. The van der Waals surface area contributed by atoms with Gasteiger partial charge in [-0.1, -0.05) is 11.6 Å². The van der Waals surface area contributed by atoms with Crippen molar-refractivity contribution < 1.29 is 18.7 Å². The zero-order chi connectivity index (χ0) is 16.7. The molecule has 0 aromatic heterocycles. The molecule has 0 N–H and O–H groups in total. The van der Waals surface area contributed by atoms with Gasteiger partial charge in [-0.05, 0) is 26.0 Å². The van der Waals surface area contributed by atoms with E-state index >= 15 is 0 Å². The Kier molecular flexibility index (Phi) is 4.33. The molecular formula is C15H18ClFN2O3. The molecule has 22 heavy (non-hydrogen) atoms. The summed E-state index contributed by atoms with van der Waals surface area (Å²) in [5, 5.41) is 0.322. The smallest absolute Gasteiger partial charge is 0.332 e. The Hall–Kier alpha value is -1.82.